The smallest absolute Gasteiger partial charge is 0.243 e. The zero-order chi connectivity index (χ0) is 17.0. The first-order valence-corrected chi connectivity index (χ1v) is 9.92. The van der Waals surface area contributed by atoms with Crippen molar-refractivity contribution < 1.29 is 9.53 Å². The molecule has 1 aliphatic carbocycles. The summed E-state index contributed by atoms with van der Waals surface area (Å²) >= 11 is 0. The molecule has 3 fully saturated rings. The van der Waals surface area contributed by atoms with Crippen molar-refractivity contribution in [1.29, 1.82) is 0 Å². The molecule has 1 amide bonds. The quantitative estimate of drug-likeness (QED) is 0.738. The van der Waals surface area contributed by atoms with Gasteiger partial charge >= 0.3 is 0 Å². The molecule has 2 aliphatic heterocycles. The average molecular weight is 338 g/mol. The van der Waals surface area contributed by atoms with Gasteiger partial charge in [0.2, 0.25) is 5.91 Å². The lowest BCUT2D eigenvalue weighted by molar-refractivity contribution is -0.151. The fraction of sp³-hybridized carbons (Fsp3) is 0.947. The van der Waals surface area contributed by atoms with Crippen molar-refractivity contribution in [3.63, 3.8) is 0 Å². The van der Waals surface area contributed by atoms with Crippen LogP contribution in [0.25, 0.3) is 0 Å². The van der Waals surface area contributed by atoms with Crippen LogP contribution in [0.4, 0.5) is 0 Å². The molecule has 0 aromatic carbocycles. The molecule has 2 saturated heterocycles. The van der Waals surface area contributed by atoms with Crippen LogP contribution in [0.2, 0.25) is 0 Å². The van der Waals surface area contributed by atoms with Gasteiger partial charge in [0.25, 0.3) is 0 Å². The highest BCUT2D eigenvalue weighted by atomic mass is 16.5. The van der Waals surface area contributed by atoms with Crippen molar-refractivity contribution in [3.8, 4) is 0 Å². The average Bonchev–Trinajstić information content (AvgIpc) is 2.89. The molecule has 0 bridgehead atoms. The molecule has 0 spiro atoms. The van der Waals surface area contributed by atoms with E-state index < -0.39 is 0 Å². The van der Waals surface area contributed by atoms with E-state index in [1.54, 1.807) is 0 Å². The monoisotopic (exact) mass is 337 g/mol. The summed E-state index contributed by atoms with van der Waals surface area (Å²) in [5.41, 5.74) is -0.260. The van der Waals surface area contributed by atoms with Crippen LogP contribution >= 0.6 is 0 Å². The fourth-order valence-electron chi connectivity index (χ4n) is 4.74. The number of nitrogens with zero attached hydrogens (tertiary/aromatic N) is 3. The lowest BCUT2D eigenvalue weighted by Gasteiger charge is -2.48. The Balaban J connectivity index is 1.78. The van der Waals surface area contributed by atoms with E-state index in [0.29, 0.717) is 12.5 Å². The molecule has 0 aromatic rings. The molecule has 3 aliphatic rings. The van der Waals surface area contributed by atoms with Crippen LogP contribution < -0.4 is 0 Å². The Morgan fingerprint density at radius 3 is 2.29 bits per heavy atom. The number of piperazine rings is 1. The first kappa shape index (κ1) is 18.2. The summed E-state index contributed by atoms with van der Waals surface area (Å²) in [5.74, 6) is 0.365. The van der Waals surface area contributed by atoms with Gasteiger partial charge in [-0.1, -0.05) is 25.7 Å². The van der Waals surface area contributed by atoms with Gasteiger partial charge in [0.15, 0.2) is 0 Å². The zero-order valence-electron chi connectivity index (χ0n) is 15.6. The number of hydrogen-bond acceptors (Lipinski definition) is 4. The van der Waals surface area contributed by atoms with Gasteiger partial charge in [-0.2, -0.15) is 0 Å². The molecule has 1 atom stereocenters. The van der Waals surface area contributed by atoms with Crippen molar-refractivity contribution in [1.82, 2.24) is 14.7 Å². The van der Waals surface area contributed by atoms with E-state index >= 15 is 0 Å². The first-order valence-electron chi connectivity index (χ1n) is 9.92. The summed E-state index contributed by atoms with van der Waals surface area (Å²) < 4.78 is 5.64. The maximum absolute atomic E-state index is 13.7. The summed E-state index contributed by atoms with van der Waals surface area (Å²) in [7, 11) is 4.20. The molecule has 5 nitrogen and oxygen atoms in total. The van der Waals surface area contributed by atoms with Gasteiger partial charge in [-0.25, -0.2) is 0 Å². The Morgan fingerprint density at radius 2 is 1.71 bits per heavy atom. The van der Waals surface area contributed by atoms with E-state index in [-0.39, 0.29) is 11.6 Å². The highest BCUT2D eigenvalue weighted by Gasteiger charge is 2.47. The molecule has 2 heterocycles. The van der Waals surface area contributed by atoms with Gasteiger partial charge in [-0.3, -0.25) is 9.69 Å². The van der Waals surface area contributed by atoms with Gasteiger partial charge in [-0.15, -0.1) is 0 Å². The van der Waals surface area contributed by atoms with Crippen LogP contribution in [0.1, 0.15) is 51.4 Å². The van der Waals surface area contributed by atoms with Gasteiger partial charge in [0.05, 0.1) is 12.6 Å². The van der Waals surface area contributed by atoms with E-state index in [1.807, 2.05) is 11.9 Å². The molecule has 138 valence electrons. The topological polar surface area (TPSA) is 36.0 Å². The minimum atomic E-state index is -0.260. The van der Waals surface area contributed by atoms with E-state index in [1.165, 1.54) is 25.7 Å². The van der Waals surface area contributed by atoms with E-state index in [9.17, 15) is 4.79 Å². The predicted molar refractivity (Wildman–Crippen MR) is 96.1 cm³/mol. The second kappa shape index (κ2) is 8.15. The van der Waals surface area contributed by atoms with E-state index in [2.05, 4.69) is 16.8 Å². The van der Waals surface area contributed by atoms with Crippen LogP contribution in [0, 0.1) is 0 Å². The highest BCUT2D eigenvalue weighted by molar-refractivity contribution is 5.86. The summed E-state index contributed by atoms with van der Waals surface area (Å²) in [5, 5.41) is 0. The Kier molecular flexibility index (Phi) is 6.17. The summed E-state index contributed by atoms with van der Waals surface area (Å²) in [6, 6.07) is 0.263. The Morgan fingerprint density at radius 1 is 1.04 bits per heavy atom. The highest BCUT2D eigenvalue weighted by Crippen LogP contribution is 2.35. The second-order valence-electron chi connectivity index (χ2n) is 8.02. The largest absolute Gasteiger partial charge is 0.379 e. The van der Waals surface area contributed by atoms with Crippen LogP contribution in [0.5, 0.6) is 0 Å². The van der Waals surface area contributed by atoms with Gasteiger partial charge in [0.1, 0.15) is 5.54 Å². The van der Waals surface area contributed by atoms with Gasteiger partial charge in [-0.05, 0) is 32.7 Å². The maximum Gasteiger partial charge on any atom is 0.243 e. The Labute approximate surface area is 147 Å². The fourth-order valence-corrected chi connectivity index (χ4v) is 4.74. The Hall–Kier alpha value is -0.650. The van der Waals surface area contributed by atoms with Gasteiger partial charge in [0, 0.05) is 39.8 Å². The van der Waals surface area contributed by atoms with E-state index in [4.69, 9.17) is 4.74 Å². The molecule has 0 aromatic heterocycles. The molecular formula is C19H35N3O2. The Bertz CT molecular complexity index is 407. The lowest BCUT2D eigenvalue weighted by atomic mass is 9.85. The molecule has 1 unspecified atom stereocenters. The number of carbonyl (C=O) groups excluding carboxylic acids is 1. The predicted octanol–water partition coefficient (Wildman–Crippen LogP) is 1.96. The van der Waals surface area contributed by atoms with Crippen LogP contribution in [-0.4, -0.2) is 85.7 Å². The second-order valence-corrected chi connectivity index (χ2v) is 8.02. The van der Waals surface area contributed by atoms with Gasteiger partial charge < -0.3 is 14.5 Å². The molecule has 0 radical (unpaired) electrons. The molecule has 5 heteroatoms. The number of likely N-dealkylation sites (N-methyl/N-ethyl adjacent to an activating group) is 2. The van der Waals surface area contributed by atoms with Crippen molar-refractivity contribution in [2.45, 2.75) is 62.9 Å². The minimum absolute atomic E-state index is 0.260. The van der Waals surface area contributed by atoms with Crippen molar-refractivity contribution in [2.24, 2.45) is 0 Å². The minimum Gasteiger partial charge on any atom is -0.379 e. The maximum atomic E-state index is 13.7. The standard InChI is InChI=1S/C19H35N3O2/c1-20-11-13-22(14-12-20)19(9-5-3-4-6-10-19)18(23)21(2)17-8-7-15-24-16-17/h17H,3-16H2,1-2H3. The molecule has 1 saturated carbocycles. The summed E-state index contributed by atoms with van der Waals surface area (Å²) in [6.45, 7) is 5.76. The van der Waals surface area contributed by atoms with Crippen LogP contribution in [0.15, 0.2) is 0 Å². The number of carbonyl (C=O) groups is 1. The first-order chi connectivity index (χ1) is 11.6. The molecule has 0 N–H and O–H groups in total. The summed E-state index contributed by atoms with van der Waals surface area (Å²) in [6.07, 6.45) is 9.16. The molecule has 24 heavy (non-hydrogen) atoms. The number of amides is 1. The van der Waals surface area contributed by atoms with Crippen LogP contribution in [0.3, 0.4) is 0 Å². The third-order valence-corrected chi connectivity index (χ3v) is 6.44. The van der Waals surface area contributed by atoms with Crippen LogP contribution in [-0.2, 0) is 9.53 Å². The van der Waals surface area contributed by atoms with E-state index in [0.717, 1.165) is 58.5 Å². The summed E-state index contributed by atoms with van der Waals surface area (Å²) in [4.78, 5) is 20.6. The third kappa shape index (κ3) is 3.78. The lowest BCUT2D eigenvalue weighted by Crippen LogP contribution is -2.64. The zero-order valence-corrected chi connectivity index (χ0v) is 15.6. The third-order valence-electron chi connectivity index (χ3n) is 6.44. The van der Waals surface area contributed by atoms with Crippen molar-refractivity contribution >= 4 is 5.91 Å². The normalized spacial score (nSPS) is 29.8. The number of ether oxygens (including phenoxy) is 1. The molecule has 3 rings (SSSR count). The van der Waals surface area contributed by atoms with Crippen molar-refractivity contribution in [2.75, 3.05) is 53.5 Å². The molecular weight excluding hydrogens is 302 g/mol. The number of hydrogen-bond donors (Lipinski definition) is 0. The SMILES string of the molecule is CN1CCN(C2(C(=O)N(C)C3CCCOC3)CCCCCC2)CC1. The van der Waals surface area contributed by atoms with Crippen molar-refractivity contribution in [3.05, 3.63) is 0 Å². The number of rotatable bonds is 3.